The van der Waals surface area contributed by atoms with Crippen molar-refractivity contribution in [1.29, 1.82) is 0 Å². The quantitative estimate of drug-likeness (QED) is 0.816. The number of carbonyl (C=O) groups excluding carboxylic acids is 1. The van der Waals surface area contributed by atoms with E-state index in [2.05, 4.69) is 24.1 Å². The molecule has 1 rings (SSSR count). The summed E-state index contributed by atoms with van der Waals surface area (Å²) in [7, 11) is 0. The van der Waals surface area contributed by atoms with Crippen LogP contribution >= 0.6 is 12.4 Å². The first-order valence-electron chi connectivity index (χ1n) is 6.71. The molecule has 0 aromatic heterocycles. The molecule has 1 amide bonds. The standard InChI is InChI=1S/C13H27N3O.ClH/c1-9(2)12(14)13(17)15-11-5-7-16(8-6-11)10(3)4;/h9-12H,5-8,14H2,1-4H3,(H,15,17);1H/t12-;/m0./s1. The molecule has 0 aliphatic carbocycles. The van der Waals surface area contributed by atoms with Gasteiger partial charge < -0.3 is 16.0 Å². The van der Waals surface area contributed by atoms with Crippen molar-refractivity contribution in [2.24, 2.45) is 11.7 Å². The number of likely N-dealkylation sites (tertiary alicyclic amines) is 1. The highest BCUT2D eigenvalue weighted by molar-refractivity contribution is 5.85. The van der Waals surface area contributed by atoms with Gasteiger partial charge in [-0.25, -0.2) is 0 Å². The average molecular weight is 278 g/mol. The second-order valence-corrected chi connectivity index (χ2v) is 5.68. The summed E-state index contributed by atoms with van der Waals surface area (Å²) in [6.07, 6.45) is 2.07. The number of amides is 1. The molecule has 4 nitrogen and oxygen atoms in total. The van der Waals surface area contributed by atoms with Gasteiger partial charge in [0.15, 0.2) is 0 Å². The van der Waals surface area contributed by atoms with E-state index in [-0.39, 0.29) is 30.3 Å². The summed E-state index contributed by atoms with van der Waals surface area (Å²) in [5.74, 6) is 0.203. The molecule has 0 spiro atoms. The minimum absolute atomic E-state index is 0. The zero-order valence-electron chi connectivity index (χ0n) is 12.0. The lowest BCUT2D eigenvalue weighted by molar-refractivity contribution is -0.124. The van der Waals surface area contributed by atoms with Gasteiger partial charge in [-0.2, -0.15) is 0 Å². The second kappa shape index (κ2) is 7.97. The first-order valence-corrected chi connectivity index (χ1v) is 6.71. The molecular formula is C13H28ClN3O. The number of nitrogens with one attached hydrogen (secondary N) is 1. The van der Waals surface area contributed by atoms with E-state index < -0.39 is 0 Å². The SMILES string of the molecule is CC(C)[C@H](N)C(=O)NC1CCN(C(C)C)CC1.Cl. The maximum Gasteiger partial charge on any atom is 0.237 e. The number of hydrogen-bond donors (Lipinski definition) is 2. The van der Waals surface area contributed by atoms with Gasteiger partial charge in [0.2, 0.25) is 5.91 Å². The Labute approximate surface area is 117 Å². The topological polar surface area (TPSA) is 58.4 Å². The number of hydrogen-bond acceptors (Lipinski definition) is 3. The lowest BCUT2D eigenvalue weighted by Crippen LogP contribution is -2.51. The zero-order chi connectivity index (χ0) is 13.0. The lowest BCUT2D eigenvalue weighted by atomic mass is 10.0. The highest BCUT2D eigenvalue weighted by atomic mass is 35.5. The average Bonchev–Trinajstić information content (AvgIpc) is 2.28. The van der Waals surface area contributed by atoms with Gasteiger partial charge in [-0.15, -0.1) is 12.4 Å². The third-order valence-electron chi connectivity index (χ3n) is 3.63. The van der Waals surface area contributed by atoms with Crippen LogP contribution in [0.15, 0.2) is 0 Å². The van der Waals surface area contributed by atoms with Crippen molar-refractivity contribution in [3.8, 4) is 0 Å². The number of carbonyl (C=O) groups is 1. The molecule has 0 aromatic rings. The molecule has 1 fully saturated rings. The fourth-order valence-electron chi connectivity index (χ4n) is 2.16. The van der Waals surface area contributed by atoms with Crippen LogP contribution in [-0.2, 0) is 4.79 Å². The van der Waals surface area contributed by atoms with Crippen molar-refractivity contribution >= 4 is 18.3 Å². The van der Waals surface area contributed by atoms with E-state index in [0.717, 1.165) is 25.9 Å². The largest absolute Gasteiger partial charge is 0.352 e. The predicted molar refractivity (Wildman–Crippen MR) is 77.9 cm³/mol. The molecule has 5 heteroatoms. The van der Waals surface area contributed by atoms with Crippen LogP contribution in [0, 0.1) is 5.92 Å². The Morgan fingerprint density at radius 1 is 1.22 bits per heavy atom. The molecule has 18 heavy (non-hydrogen) atoms. The van der Waals surface area contributed by atoms with E-state index in [1.165, 1.54) is 0 Å². The summed E-state index contributed by atoms with van der Waals surface area (Å²) in [6.45, 7) is 10.5. The maximum absolute atomic E-state index is 11.8. The van der Waals surface area contributed by atoms with E-state index in [1.54, 1.807) is 0 Å². The van der Waals surface area contributed by atoms with Gasteiger partial charge in [-0.1, -0.05) is 13.8 Å². The molecule has 0 unspecified atom stereocenters. The van der Waals surface area contributed by atoms with Gasteiger partial charge in [-0.3, -0.25) is 4.79 Å². The minimum Gasteiger partial charge on any atom is -0.352 e. The Balaban J connectivity index is 0.00000289. The van der Waals surface area contributed by atoms with Gasteiger partial charge >= 0.3 is 0 Å². The van der Waals surface area contributed by atoms with Crippen molar-refractivity contribution in [1.82, 2.24) is 10.2 Å². The van der Waals surface area contributed by atoms with E-state index in [4.69, 9.17) is 5.73 Å². The van der Waals surface area contributed by atoms with E-state index in [0.29, 0.717) is 12.1 Å². The molecule has 1 atom stereocenters. The maximum atomic E-state index is 11.8. The number of piperidine rings is 1. The molecule has 0 radical (unpaired) electrons. The van der Waals surface area contributed by atoms with Crippen LogP contribution in [0.4, 0.5) is 0 Å². The van der Waals surface area contributed by atoms with Crippen LogP contribution in [-0.4, -0.2) is 42.0 Å². The van der Waals surface area contributed by atoms with Gasteiger partial charge in [0.05, 0.1) is 6.04 Å². The Morgan fingerprint density at radius 2 is 1.72 bits per heavy atom. The van der Waals surface area contributed by atoms with Crippen molar-refractivity contribution in [2.45, 2.75) is 58.7 Å². The summed E-state index contributed by atoms with van der Waals surface area (Å²) in [5, 5.41) is 3.07. The van der Waals surface area contributed by atoms with E-state index >= 15 is 0 Å². The molecular weight excluding hydrogens is 250 g/mol. The van der Waals surface area contributed by atoms with Crippen LogP contribution < -0.4 is 11.1 Å². The molecule has 1 heterocycles. The highest BCUT2D eigenvalue weighted by Crippen LogP contribution is 2.13. The molecule has 0 aromatic carbocycles. The minimum atomic E-state index is -0.377. The van der Waals surface area contributed by atoms with Crippen LogP contribution in [0.5, 0.6) is 0 Å². The van der Waals surface area contributed by atoms with Crippen LogP contribution in [0.2, 0.25) is 0 Å². The fourth-order valence-corrected chi connectivity index (χ4v) is 2.16. The lowest BCUT2D eigenvalue weighted by Gasteiger charge is -2.35. The van der Waals surface area contributed by atoms with Crippen molar-refractivity contribution in [2.75, 3.05) is 13.1 Å². The van der Waals surface area contributed by atoms with E-state index in [1.807, 2.05) is 13.8 Å². The van der Waals surface area contributed by atoms with Gasteiger partial charge in [0.1, 0.15) is 0 Å². The van der Waals surface area contributed by atoms with Crippen LogP contribution in [0.3, 0.4) is 0 Å². The fraction of sp³-hybridized carbons (Fsp3) is 0.923. The Kier molecular flexibility index (Phi) is 7.83. The number of nitrogens with zero attached hydrogens (tertiary/aromatic N) is 1. The predicted octanol–water partition coefficient (Wildman–Crippen LogP) is 1.38. The highest BCUT2D eigenvalue weighted by Gasteiger charge is 2.24. The summed E-state index contributed by atoms with van der Waals surface area (Å²) in [4.78, 5) is 14.3. The van der Waals surface area contributed by atoms with Gasteiger partial charge in [0, 0.05) is 25.2 Å². The second-order valence-electron chi connectivity index (χ2n) is 5.68. The summed E-state index contributed by atoms with van der Waals surface area (Å²) < 4.78 is 0. The monoisotopic (exact) mass is 277 g/mol. The molecule has 3 N–H and O–H groups in total. The number of halogens is 1. The zero-order valence-corrected chi connectivity index (χ0v) is 12.8. The van der Waals surface area contributed by atoms with Crippen molar-refractivity contribution in [3.63, 3.8) is 0 Å². The first kappa shape index (κ1) is 17.7. The summed E-state index contributed by atoms with van der Waals surface area (Å²) >= 11 is 0. The first-order chi connectivity index (χ1) is 7.91. The van der Waals surface area contributed by atoms with Crippen LogP contribution in [0.1, 0.15) is 40.5 Å². The molecule has 1 saturated heterocycles. The summed E-state index contributed by atoms with van der Waals surface area (Å²) in [6, 6.07) is 0.532. The molecule has 1 aliphatic heterocycles. The van der Waals surface area contributed by atoms with Crippen LogP contribution in [0.25, 0.3) is 0 Å². The Hall–Kier alpha value is -0.320. The molecule has 108 valence electrons. The molecule has 0 saturated carbocycles. The van der Waals surface area contributed by atoms with Gasteiger partial charge in [0.25, 0.3) is 0 Å². The Bertz CT molecular complexity index is 251. The molecule has 1 aliphatic rings. The third-order valence-corrected chi connectivity index (χ3v) is 3.63. The number of rotatable bonds is 4. The van der Waals surface area contributed by atoms with Gasteiger partial charge in [-0.05, 0) is 32.6 Å². The normalized spacial score (nSPS) is 19.7. The van der Waals surface area contributed by atoms with Crippen molar-refractivity contribution < 1.29 is 4.79 Å². The summed E-state index contributed by atoms with van der Waals surface area (Å²) in [5.41, 5.74) is 5.83. The Morgan fingerprint density at radius 3 is 2.11 bits per heavy atom. The van der Waals surface area contributed by atoms with E-state index in [9.17, 15) is 4.79 Å². The smallest absolute Gasteiger partial charge is 0.237 e. The molecule has 0 bridgehead atoms. The third kappa shape index (κ3) is 5.12. The van der Waals surface area contributed by atoms with Crippen molar-refractivity contribution in [3.05, 3.63) is 0 Å². The number of nitrogens with two attached hydrogens (primary N) is 1.